The molecule has 0 bridgehead atoms. The summed E-state index contributed by atoms with van der Waals surface area (Å²) in [6.07, 6.45) is 0. The Labute approximate surface area is 247 Å². The first-order valence-electron chi connectivity index (χ1n) is 13.2. The maximum Gasteiger partial charge on any atom is 0.108 e. The van der Waals surface area contributed by atoms with Gasteiger partial charge in [-0.2, -0.15) is 0 Å². The van der Waals surface area contributed by atoms with Crippen LogP contribution in [0.15, 0.2) is 84.9 Å². The van der Waals surface area contributed by atoms with Gasteiger partial charge in [-0.15, -0.1) is 5.39 Å². The fourth-order valence-electron chi connectivity index (χ4n) is 5.28. The molecule has 6 rings (SSSR count). The molecule has 0 aliphatic rings. The van der Waals surface area contributed by atoms with Crippen LogP contribution in [0.5, 0.6) is 5.75 Å². The van der Waals surface area contributed by atoms with Crippen LogP contribution in [0.2, 0.25) is 0 Å². The minimum absolute atomic E-state index is 0. The number of rotatable bonds is 6. The van der Waals surface area contributed by atoms with Gasteiger partial charge in [-0.1, -0.05) is 97.9 Å². The number of benzene rings is 4. The van der Waals surface area contributed by atoms with E-state index in [1.165, 1.54) is 32.6 Å². The van der Waals surface area contributed by atoms with E-state index < -0.39 is 0 Å². The van der Waals surface area contributed by atoms with Crippen molar-refractivity contribution in [3.63, 3.8) is 0 Å². The normalized spacial score (nSPS) is 11.5. The first kappa shape index (κ1) is 27.3. The van der Waals surface area contributed by atoms with Gasteiger partial charge in [0.05, 0.1) is 24.0 Å². The average molecular weight is 708 g/mol. The average Bonchev–Trinajstić information content (AvgIpc) is 3.53. The van der Waals surface area contributed by atoms with Crippen molar-refractivity contribution in [2.45, 2.75) is 39.5 Å². The van der Waals surface area contributed by atoms with E-state index in [1.54, 1.807) is 18.4 Å². The molecule has 0 unspecified atom stereocenters. The molecular weight excluding hydrogens is 677 g/mol. The van der Waals surface area contributed by atoms with Crippen LogP contribution < -0.4 is 4.74 Å². The Kier molecular flexibility index (Phi) is 7.77. The van der Waals surface area contributed by atoms with Crippen molar-refractivity contribution in [1.82, 2.24) is 9.55 Å². The molecule has 39 heavy (non-hydrogen) atoms. The third-order valence-corrected chi connectivity index (χ3v) is 8.13. The molecule has 0 atom stereocenters. The van der Waals surface area contributed by atoms with E-state index in [9.17, 15) is 0 Å². The molecule has 0 saturated carbocycles. The van der Waals surface area contributed by atoms with Crippen LogP contribution >= 0.6 is 11.3 Å². The van der Waals surface area contributed by atoms with E-state index in [0.717, 1.165) is 33.6 Å². The first-order valence-corrected chi connectivity index (χ1v) is 14.0. The van der Waals surface area contributed by atoms with E-state index in [2.05, 4.69) is 117 Å². The quantitative estimate of drug-likeness (QED) is 0.161. The first-order chi connectivity index (χ1) is 18.5. The number of imidazole rings is 1. The minimum Gasteiger partial charge on any atom is -0.498 e. The zero-order chi connectivity index (χ0) is 26.4. The number of para-hydroxylation sites is 2. The van der Waals surface area contributed by atoms with Crippen LogP contribution in [0, 0.1) is 5.38 Å². The molecule has 6 aromatic rings. The summed E-state index contributed by atoms with van der Waals surface area (Å²) in [4.78, 5) is 5.22. The predicted molar refractivity (Wildman–Crippen MR) is 161 cm³/mol. The van der Waals surface area contributed by atoms with E-state index in [1.807, 2.05) is 6.07 Å². The van der Waals surface area contributed by atoms with Crippen molar-refractivity contribution in [2.24, 2.45) is 0 Å². The largest absolute Gasteiger partial charge is 0.498 e. The molecule has 0 spiro atoms. The Morgan fingerprint density at radius 3 is 2.13 bits per heavy atom. The number of aromatic nitrogens is 2. The predicted octanol–water partition coefficient (Wildman–Crippen LogP) is 9.63. The van der Waals surface area contributed by atoms with Crippen LogP contribution in [0.4, 0.5) is 0 Å². The zero-order valence-electron chi connectivity index (χ0n) is 22.8. The number of methoxy groups -OCH3 is 1. The van der Waals surface area contributed by atoms with Gasteiger partial charge in [-0.25, -0.2) is 0 Å². The Balaban J connectivity index is 0.00000308. The Bertz CT molecular complexity index is 1740. The molecule has 0 amide bonds. The smallest absolute Gasteiger partial charge is 0.108 e. The third-order valence-electron chi connectivity index (χ3n) is 7.25. The Hall–Kier alpha value is -3.24. The van der Waals surface area contributed by atoms with Crippen molar-refractivity contribution in [3.8, 4) is 34.0 Å². The van der Waals surface area contributed by atoms with E-state index in [4.69, 9.17) is 9.72 Å². The Morgan fingerprint density at radius 2 is 1.46 bits per heavy atom. The van der Waals surface area contributed by atoms with Crippen molar-refractivity contribution in [1.29, 1.82) is 0 Å². The molecule has 199 valence electrons. The van der Waals surface area contributed by atoms with Crippen molar-refractivity contribution in [3.05, 3.63) is 101 Å². The molecule has 0 N–H and O–H groups in total. The second-order valence-electron chi connectivity index (χ2n) is 10.4. The van der Waals surface area contributed by atoms with Crippen molar-refractivity contribution < 1.29 is 24.8 Å². The molecule has 0 aliphatic carbocycles. The topological polar surface area (TPSA) is 27.1 Å². The second-order valence-corrected chi connectivity index (χ2v) is 11.2. The van der Waals surface area contributed by atoms with Crippen LogP contribution in [0.1, 0.15) is 50.7 Å². The standard InChI is InChI=1S/C34H31N2OS.Ir/c1-21(2)26-17-24(23-11-7-6-8-12-23)18-27(22(3)4)33(26)36-31-14-10-9-13-30(31)35-34(36)29-20-38-32-16-15-25(37-5)19-28(29)32;/h6-19,21-22H,1-5H3;/q-1;. The summed E-state index contributed by atoms with van der Waals surface area (Å²) >= 11 is 1.63. The summed E-state index contributed by atoms with van der Waals surface area (Å²) < 4.78 is 9.13. The third kappa shape index (κ3) is 4.84. The number of hydrogen-bond donors (Lipinski definition) is 0. The van der Waals surface area contributed by atoms with Crippen molar-refractivity contribution in [2.75, 3.05) is 7.11 Å². The molecule has 3 nitrogen and oxygen atoms in total. The maximum atomic E-state index is 5.58. The van der Waals surface area contributed by atoms with Gasteiger partial charge in [0.2, 0.25) is 0 Å². The molecule has 5 heteroatoms. The van der Waals surface area contributed by atoms with E-state index in [0.29, 0.717) is 11.8 Å². The van der Waals surface area contributed by atoms with Crippen LogP contribution in [0.25, 0.3) is 49.3 Å². The monoisotopic (exact) mass is 708 g/mol. The summed E-state index contributed by atoms with van der Waals surface area (Å²) in [5.74, 6) is 2.40. The number of nitrogens with zero attached hydrogens (tertiary/aromatic N) is 2. The van der Waals surface area contributed by atoms with Crippen LogP contribution in [-0.4, -0.2) is 16.7 Å². The van der Waals surface area contributed by atoms with Gasteiger partial charge < -0.3 is 9.30 Å². The van der Waals surface area contributed by atoms with Gasteiger partial charge in [0.25, 0.3) is 0 Å². The molecular formula is C34H31IrN2OS-. The van der Waals surface area contributed by atoms with Crippen molar-refractivity contribution >= 4 is 32.5 Å². The second kappa shape index (κ2) is 11.1. The fourth-order valence-corrected chi connectivity index (χ4v) is 6.10. The molecule has 4 aromatic carbocycles. The van der Waals surface area contributed by atoms with Gasteiger partial charge in [0, 0.05) is 25.8 Å². The number of fused-ring (bicyclic) bond motifs is 2. The van der Waals surface area contributed by atoms with Gasteiger partial charge in [0.15, 0.2) is 0 Å². The number of ether oxygens (including phenoxy) is 1. The minimum atomic E-state index is 0. The van der Waals surface area contributed by atoms with Crippen LogP contribution in [0.3, 0.4) is 0 Å². The van der Waals surface area contributed by atoms with Gasteiger partial charge >= 0.3 is 0 Å². The molecule has 2 heterocycles. The Morgan fingerprint density at radius 1 is 0.795 bits per heavy atom. The van der Waals surface area contributed by atoms with Gasteiger partial charge in [-0.05, 0) is 64.4 Å². The zero-order valence-corrected chi connectivity index (χ0v) is 26.0. The number of thiophene rings is 1. The van der Waals surface area contributed by atoms with Gasteiger partial charge in [-0.3, -0.25) is 16.3 Å². The fraction of sp³-hybridized carbons (Fsp3) is 0.206. The molecule has 1 radical (unpaired) electrons. The summed E-state index contributed by atoms with van der Waals surface area (Å²) in [6, 6.07) is 30.1. The van der Waals surface area contributed by atoms with Crippen LogP contribution in [-0.2, 0) is 20.1 Å². The molecule has 0 aliphatic heterocycles. The summed E-state index contributed by atoms with van der Waals surface area (Å²) in [5.41, 5.74) is 9.45. The summed E-state index contributed by atoms with van der Waals surface area (Å²) in [7, 11) is 1.71. The molecule has 2 aromatic heterocycles. The van der Waals surface area contributed by atoms with Gasteiger partial charge in [0.1, 0.15) is 5.75 Å². The summed E-state index contributed by atoms with van der Waals surface area (Å²) in [5, 5.41) is 4.70. The SMILES string of the molecule is COc1ccc2s[c-]c(-c3nc4ccccc4n3-c3c(C(C)C)cc(-c4ccccc4)cc3C(C)C)c2c1.[Ir]. The number of hydrogen-bond acceptors (Lipinski definition) is 3. The van der Waals surface area contributed by atoms with E-state index >= 15 is 0 Å². The molecule has 0 fully saturated rings. The maximum absolute atomic E-state index is 5.58. The summed E-state index contributed by atoms with van der Waals surface area (Å²) in [6.45, 7) is 9.14. The molecule has 0 saturated heterocycles. The van der Waals surface area contributed by atoms with E-state index in [-0.39, 0.29) is 20.1 Å².